The maximum Gasteiger partial charge on any atom is 0.272 e. The number of carbonyl (C=O) groups is 1. The lowest BCUT2D eigenvalue weighted by Gasteiger charge is -2.32. The van der Waals surface area contributed by atoms with Crippen LogP contribution in [0.4, 0.5) is 0 Å². The van der Waals surface area contributed by atoms with Gasteiger partial charge in [-0.1, -0.05) is 5.16 Å². The number of carbonyl (C=O) groups excluding carboxylic acids is 1. The van der Waals surface area contributed by atoms with Gasteiger partial charge in [0.25, 0.3) is 11.8 Å². The number of rotatable bonds is 5. The first-order valence-corrected chi connectivity index (χ1v) is 9.24. The van der Waals surface area contributed by atoms with Crippen molar-refractivity contribution >= 4 is 5.91 Å². The molecule has 0 N–H and O–H groups in total. The number of piperidine rings is 1. The minimum absolute atomic E-state index is 0.0193. The molecule has 9 nitrogen and oxygen atoms in total. The van der Waals surface area contributed by atoms with Crippen molar-refractivity contribution in [2.45, 2.75) is 32.5 Å². The summed E-state index contributed by atoms with van der Waals surface area (Å²) in [5, 5.41) is 8.23. The normalized spacial score (nSPS) is 17.1. The van der Waals surface area contributed by atoms with Crippen LogP contribution in [0.25, 0.3) is 11.4 Å². The number of ether oxygens (including phenoxy) is 1. The predicted octanol–water partition coefficient (Wildman–Crippen LogP) is 1.99. The second-order valence-corrected chi connectivity index (χ2v) is 6.87. The lowest BCUT2D eigenvalue weighted by atomic mass is 10.1. The summed E-state index contributed by atoms with van der Waals surface area (Å²) in [6.07, 6.45) is 5.07. The minimum Gasteiger partial charge on any atom is -0.367 e. The van der Waals surface area contributed by atoms with Crippen LogP contribution in [0.3, 0.4) is 0 Å². The third-order valence-corrected chi connectivity index (χ3v) is 4.74. The highest BCUT2D eigenvalue weighted by atomic mass is 16.5. The number of hydrogen-bond acceptors (Lipinski definition) is 7. The molecule has 1 fully saturated rings. The number of pyridine rings is 1. The molecule has 0 radical (unpaired) electrons. The SMILES string of the molecule is Cc1cc(C(=O)N2CCCC(OCc3nc(-c4ccncc4)no3)C2)n(C)n1. The molecule has 4 heterocycles. The van der Waals surface area contributed by atoms with Crippen molar-refractivity contribution in [3.05, 3.63) is 47.9 Å². The number of aryl methyl sites for hydroxylation is 2. The van der Waals surface area contributed by atoms with Crippen LogP contribution in [0.5, 0.6) is 0 Å². The smallest absolute Gasteiger partial charge is 0.272 e. The highest BCUT2D eigenvalue weighted by Crippen LogP contribution is 2.19. The topological polar surface area (TPSA) is 99.2 Å². The average molecular weight is 382 g/mol. The van der Waals surface area contributed by atoms with Crippen molar-refractivity contribution in [3.63, 3.8) is 0 Å². The molecule has 4 rings (SSSR count). The van der Waals surface area contributed by atoms with E-state index in [0.717, 1.165) is 30.6 Å². The van der Waals surface area contributed by atoms with Crippen LogP contribution in [0.1, 0.15) is 34.9 Å². The van der Waals surface area contributed by atoms with Crippen LogP contribution in [-0.2, 0) is 18.4 Å². The van der Waals surface area contributed by atoms with Crippen LogP contribution in [0.2, 0.25) is 0 Å². The standard InChI is InChI=1S/C19H22N6O3/c1-13-10-16(24(2)22-13)19(26)25-9-3-4-15(11-25)27-12-17-21-18(23-28-17)14-5-7-20-8-6-14/h5-8,10,15H,3-4,9,11-12H2,1-2H3. The minimum atomic E-state index is -0.0664. The Labute approximate surface area is 162 Å². The van der Waals surface area contributed by atoms with Gasteiger partial charge in [0.2, 0.25) is 5.82 Å². The van der Waals surface area contributed by atoms with E-state index < -0.39 is 0 Å². The Morgan fingerprint density at radius 1 is 1.36 bits per heavy atom. The maximum absolute atomic E-state index is 12.8. The predicted molar refractivity (Wildman–Crippen MR) is 99.2 cm³/mol. The van der Waals surface area contributed by atoms with Crippen molar-refractivity contribution < 1.29 is 14.1 Å². The van der Waals surface area contributed by atoms with Crippen LogP contribution in [0.15, 0.2) is 35.1 Å². The fourth-order valence-electron chi connectivity index (χ4n) is 3.35. The molecule has 0 aromatic carbocycles. The number of aromatic nitrogens is 5. The van der Waals surface area contributed by atoms with Gasteiger partial charge in [-0.05, 0) is 38.0 Å². The first-order chi connectivity index (χ1) is 13.6. The van der Waals surface area contributed by atoms with Crippen LogP contribution in [0, 0.1) is 6.92 Å². The summed E-state index contributed by atoms with van der Waals surface area (Å²) in [5.74, 6) is 0.903. The molecule has 1 aliphatic heterocycles. The van der Waals surface area contributed by atoms with Gasteiger partial charge in [0, 0.05) is 38.1 Å². The summed E-state index contributed by atoms with van der Waals surface area (Å²) >= 11 is 0. The molecule has 9 heteroatoms. The van der Waals surface area contributed by atoms with Crippen molar-refractivity contribution in [3.8, 4) is 11.4 Å². The number of hydrogen-bond donors (Lipinski definition) is 0. The average Bonchev–Trinajstić information content (AvgIpc) is 3.33. The van der Waals surface area contributed by atoms with Crippen LogP contribution in [-0.4, -0.2) is 54.9 Å². The first-order valence-electron chi connectivity index (χ1n) is 9.24. The molecule has 0 aliphatic carbocycles. The van der Waals surface area contributed by atoms with Crippen molar-refractivity contribution in [2.24, 2.45) is 7.05 Å². The second kappa shape index (κ2) is 7.89. The van der Waals surface area contributed by atoms with Crippen LogP contribution >= 0.6 is 0 Å². The van der Waals surface area contributed by atoms with E-state index in [0.29, 0.717) is 24.0 Å². The molecule has 0 saturated carbocycles. The first kappa shape index (κ1) is 18.3. The van der Waals surface area contributed by atoms with Gasteiger partial charge >= 0.3 is 0 Å². The molecular formula is C19H22N6O3. The molecule has 28 heavy (non-hydrogen) atoms. The van der Waals surface area contributed by atoms with E-state index in [9.17, 15) is 4.79 Å². The Hall–Kier alpha value is -3.07. The van der Waals surface area contributed by atoms with Gasteiger partial charge in [-0.2, -0.15) is 10.1 Å². The third-order valence-electron chi connectivity index (χ3n) is 4.74. The highest BCUT2D eigenvalue weighted by Gasteiger charge is 2.27. The van der Waals surface area contributed by atoms with Gasteiger partial charge in [0.15, 0.2) is 0 Å². The summed E-state index contributed by atoms with van der Waals surface area (Å²) in [5.41, 5.74) is 2.26. The lowest BCUT2D eigenvalue weighted by Crippen LogP contribution is -2.43. The van der Waals surface area contributed by atoms with E-state index in [2.05, 4.69) is 20.2 Å². The molecule has 1 saturated heterocycles. The Morgan fingerprint density at radius 3 is 2.93 bits per heavy atom. The highest BCUT2D eigenvalue weighted by molar-refractivity contribution is 5.92. The van der Waals surface area contributed by atoms with Gasteiger partial charge in [-0.15, -0.1) is 0 Å². The van der Waals surface area contributed by atoms with E-state index in [1.807, 2.05) is 30.0 Å². The summed E-state index contributed by atoms with van der Waals surface area (Å²) in [6.45, 7) is 3.35. The maximum atomic E-state index is 12.8. The van der Waals surface area contributed by atoms with Gasteiger partial charge < -0.3 is 14.2 Å². The molecule has 1 unspecified atom stereocenters. The monoisotopic (exact) mass is 382 g/mol. The molecule has 0 spiro atoms. The molecule has 3 aromatic rings. The molecular weight excluding hydrogens is 360 g/mol. The molecule has 0 bridgehead atoms. The zero-order chi connectivity index (χ0) is 19.5. The molecule has 1 amide bonds. The zero-order valence-corrected chi connectivity index (χ0v) is 15.9. The Kier molecular flexibility index (Phi) is 5.16. The van der Waals surface area contributed by atoms with Gasteiger partial charge in [0.1, 0.15) is 12.3 Å². The van der Waals surface area contributed by atoms with Gasteiger partial charge in [-0.3, -0.25) is 14.5 Å². The Bertz CT molecular complexity index is 952. The summed E-state index contributed by atoms with van der Waals surface area (Å²) in [7, 11) is 1.79. The van der Waals surface area contributed by atoms with E-state index >= 15 is 0 Å². The lowest BCUT2D eigenvalue weighted by molar-refractivity contribution is -0.0156. The summed E-state index contributed by atoms with van der Waals surface area (Å²) in [6, 6.07) is 5.45. The van der Waals surface area contributed by atoms with E-state index in [1.54, 1.807) is 24.1 Å². The summed E-state index contributed by atoms with van der Waals surface area (Å²) in [4.78, 5) is 22.9. The molecule has 1 aliphatic rings. The van der Waals surface area contributed by atoms with E-state index in [4.69, 9.17) is 9.26 Å². The fourth-order valence-corrected chi connectivity index (χ4v) is 3.35. The van der Waals surface area contributed by atoms with E-state index in [-0.39, 0.29) is 18.6 Å². The molecule has 1 atom stereocenters. The Balaban J connectivity index is 1.35. The van der Waals surface area contributed by atoms with Crippen molar-refractivity contribution in [1.82, 2.24) is 29.8 Å². The molecule has 3 aromatic heterocycles. The van der Waals surface area contributed by atoms with Gasteiger partial charge in [-0.25, -0.2) is 0 Å². The number of likely N-dealkylation sites (tertiary alicyclic amines) is 1. The molecule has 146 valence electrons. The Morgan fingerprint density at radius 2 is 2.18 bits per heavy atom. The summed E-state index contributed by atoms with van der Waals surface area (Å²) < 4.78 is 12.8. The zero-order valence-electron chi connectivity index (χ0n) is 15.9. The second-order valence-electron chi connectivity index (χ2n) is 6.87. The van der Waals surface area contributed by atoms with Crippen molar-refractivity contribution in [2.75, 3.05) is 13.1 Å². The third kappa shape index (κ3) is 3.94. The van der Waals surface area contributed by atoms with Crippen molar-refractivity contribution in [1.29, 1.82) is 0 Å². The quantitative estimate of drug-likeness (QED) is 0.665. The van der Waals surface area contributed by atoms with Crippen LogP contribution < -0.4 is 0 Å². The number of amides is 1. The largest absolute Gasteiger partial charge is 0.367 e. The van der Waals surface area contributed by atoms with E-state index in [1.165, 1.54) is 0 Å². The fraction of sp³-hybridized carbons (Fsp3) is 0.421. The van der Waals surface area contributed by atoms with Gasteiger partial charge in [0.05, 0.1) is 11.8 Å². The number of nitrogens with zero attached hydrogens (tertiary/aromatic N) is 6.